The third-order valence-electron chi connectivity index (χ3n) is 26.5. The molecule has 32 nitrogen and oxygen atoms in total. The van der Waals surface area contributed by atoms with Crippen molar-refractivity contribution in [2.45, 2.75) is 318 Å². The molecule has 16 N–H and O–H groups in total. The Morgan fingerprint density at radius 2 is 1.04 bits per heavy atom. The van der Waals surface area contributed by atoms with Crippen LogP contribution in [0.5, 0.6) is 0 Å². The summed E-state index contributed by atoms with van der Waals surface area (Å²) in [5.41, 5.74) is -6.00. The van der Waals surface area contributed by atoms with E-state index >= 15 is 0 Å². The fourth-order valence-corrected chi connectivity index (χ4v) is 20.4. The summed E-state index contributed by atoms with van der Waals surface area (Å²) >= 11 is 0. The van der Waals surface area contributed by atoms with Crippen LogP contribution in [0, 0.1) is 50.2 Å². The Bertz CT molecular complexity index is 3040. The van der Waals surface area contributed by atoms with E-state index in [0.29, 0.717) is 44.1 Å². The summed E-state index contributed by atoms with van der Waals surface area (Å²) in [6.45, 7) is 19.8. The van der Waals surface area contributed by atoms with E-state index in [0.717, 1.165) is 0 Å². The number of hydrogen-bond acceptors (Lipinski definition) is 31. The first-order valence-electron chi connectivity index (χ1n) is 35.4. The smallest absolute Gasteiger partial charge is 0.335 e. The van der Waals surface area contributed by atoms with E-state index in [1.54, 1.807) is 39.8 Å². The van der Waals surface area contributed by atoms with Crippen molar-refractivity contribution >= 4 is 17.9 Å². The van der Waals surface area contributed by atoms with Gasteiger partial charge >= 0.3 is 17.9 Å². The Morgan fingerprint density at radius 3 is 1.64 bits per heavy atom. The first-order valence-corrected chi connectivity index (χ1v) is 35.4. The highest BCUT2D eigenvalue weighted by molar-refractivity contribution is 5.89. The second-order valence-electron chi connectivity index (χ2n) is 32.3. The van der Waals surface area contributed by atoms with Crippen molar-refractivity contribution in [2.75, 3.05) is 19.8 Å². The zero-order valence-corrected chi connectivity index (χ0v) is 59.1. The van der Waals surface area contributed by atoms with Crippen LogP contribution in [0.1, 0.15) is 134 Å². The number of aliphatic hydroxyl groups excluding tert-OH is 15. The molecule has 0 amide bonds. The molecule has 2 bridgehead atoms. The summed E-state index contributed by atoms with van der Waals surface area (Å²) in [6.07, 6.45) is -46.9. The predicted octanol–water partition coefficient (Wildman–Crippen LogP) is -2.47. The van der Waals surface area contributed by atoms with Gasteiger partial charge in [-0.1, -0.05) is 60.6 Å². The molecule has 32 heteroatoms. The maximum absolute atomic E-state index is 14.1. The zero-order chi connectivity index (χ0) is 74.2. The summed E-state index contributed by atoms with van der Waals surface area (Å²) in [4.78, 5) is 41.3. The third kappa shape index (κ3) is 12.6. The second kappa shape index (κ2) is 28.8. The van der Waals surface area contributed by atoms with Crippen molar-refractivity contribution in [3.63, 3.8) is 0 Å². The number of carboxylic acid groups (broad SMARTS) is 1. The quantitative estimate of drug-likeness (QED) is 0.0407. The molecule has 11 aliphatic rings. The average Bonchev–Trinajstić information content (AvgIpc) is 1.51. The van der Waals surface area contributed by atoms with Gasteiger partial charge in [0.25, 0.3) is 0 Å². The molecular weight excluding hydrogens is 1340 g/mol. The minimum absolute atomic E-state index is 0.1000. The van der Waals surface area contributed by atoms with Crippen LogP contribution < -0.4 is 0 Å². The van der Waals surface area contributed by atoms with Gasteiger partial charge in [0.15, 0.2) is 49.9 Å². The number of fused-ring (bicyclic) bond motifs is 4. The van der Waals surface area contributed by atoms with Crippen molar-refractivity contribution in [3.05, 3.63) is 23.3 Å². The van der Waals surface area contributed by atoms with Crippen LogP contribution in [-0.2, 0) is 76.0 Å². The Kier molecular flexibility index (Phi) is 22.5. The highest BCUT2D eigenvalue weighted by Gasteiger charge is 2.86. The van der Waals surface area contributed by atoms with Gasteiger partial charge in [-0.2, -0.15) is 0 Å². The lowest BCUT2D eigenvalue weighted by Crippen LogP contribution is -2.77. The van der Waals surface area contributed by atoms with Crippen molar-refractivity contribution in [1.82, 2.24) is 0 Å². The number of aliphatic hydroxyl groups is 15. The van der Waals surface area contributed by atoms with Crippen molar-refractivity contribution < 1.29 is 158 Å². The van der Waals surface area contributed by atoms with Gasteiger partial charge < -0.3 is 143 Å². The molecule has 6 heterocycles. The van der Waals surface area contributed by atoms with Gasteiger partial charge in [-0.3, -0.25) is 0 Å². The Morgan fingerprint density at radius 1 is 0.515 bits per heavy atom. The minimum atomic E-state index is -2.37. The molecule has 11 rings (SSSR count). The van der Waals surface area contributed by atoms with Crippen LogP contribution in [0.4, 0.5) is 0 Å². The molecule has 5 aliphatic carbocycles. The molecule has 0 aromatic heterocycles. The number of carbonyl (C=O) groups excluding carboxylic acids is 2. The third-order valence-corrected chi connectivity index (χ3v) is 26.5. The SMILES string of the molecule is C/C=C(/C)C(=O)O[C@H]1[C@H](OC(=O)/C(C)=C\C)C23[C@H](O)C[C@]4(C)[C@@](CC[C@@H]5[C@@]6(C)CC[C@H](O[C@@H]7O[C@H](C(=O)O)[C@@H](O)[C@H](O[C@@H]8O[C@H](CO)[C@H](O)[C@H](O)[C@H]8O[C@@H]8O[C@@H](C)[C@H](O)[C@@H](O)[C@H]8O[C@@H]8OC[C@@H](O)[C@H](O)[C@H]8O)[C@H]7O[C@@H]7O[C@H](CO)[C@H](O)[C@H](O)[C@H]7O)C(C)(C)[C@@H]6CC[C@]54C)(O[C@@H]2O)[C@@H]3CC1(C)C. The van der Waals surface area contributed by atoms with Crippen LogP contribution >= 0.6 is 0 Å². The largest absolute Gasteiger partial charge is 0.479 e. The normalized spacial score (nSPS) is 52.6. The Balaban J connectivity index is 0.914. The highest BCUT2D eigenvalue weighted by Crippen LogP contribution is 2.82. The molecule has 1 unspecified atom stereocenters. The summed E-state index contributed by atoms with van der Waals surface area (Å²) in [7, 11) is 0. The number of allylic oxidation sites excluding steroid dienone is 2. The van der Waals surface area contributed by atoms with Crippen LogP contribution in [0.2, 0.25) is 0 Å². The number of aliphatic carboxylic acids is 1. The van der Waals surface area contributed by atoms with Gasteiger partial charge in [-0.15, -0.1) is 0 Å². The lowest BCUT2D eigenvalue weighted by atomic mass is 9.30. The molecule has 0 aromatic carbocycles. The topological polar surface area (TPSA) is 495 Å². The number of carboxylic acids is 1. The molecule has 0 aromatic rings. The molecule has 1 spiro atoms. The molecule has 37 atom stereocenters. The molecule has 6 aliphatic heterocycles. The highest BCUT2D eigenvalue weighted by atomic mass is 16.8. The van der Waals surface area contributed by atoms with E-state index in [4.69, 9.17) is 61.6 Å². The fraction of sp³-hybridized carbons (Fsp3) is 0.899. The van der Waals surface area contributed by atoms with Crippen molar-refractivity contribution in [1.29, 1.82) is 0 Å². The standard InChI is InChI=1S/C69H108O32/c1-13-26(3)55(86)99-52-53(100-56(87)27(4)14-2)69-34(21-63(52,6)7)68(101-62(69)88)20-16-33-65(10)18-17-36(64(8,9)32(65)15-19-66(33,11)67(68,12)22-35(69)73)93-61-51(98-58-45(82)41(78)39(76)30(23-70)91-58)47(46(83)48(95-61)54(84)85)94-60-50(43(80)40(77)31(24-71)92-60)97-59-49(42(79)37(74)28(5)90-59)96-57-44(81)38(75)29(72)25-89-57/h13-14,28-53,57-62,70-83,88H,15-25H2,1-12H3,(H,84,85)/b26-13-,27-14-/t28-,29+,30+,31+,32-,33+,34-,35+,36-,37-,38-,39-,40-,41-,42+,43-,44+,45+,46-,47-,48-,49+,50+,51+,52-,53-,57-,58-,59-,60-,61+,62-,65-,66+,67-,68-,69?/m0/s1. The van der Waals surface area contributed by atoms with E-state index in [9.17, 15) is 96.1 Å². The maximum atomic E-state index is 14.1. The fourth-order valence-electron chi connectivity index (χ4n) is 20.4. The van der Waals surface area contributed by atoms with Crippen molar-refractivity contribution in [2.24, 2.45) is 50.2 Å². The van der Waals surface area contributed by atoms with Crippen LogP contribution in [0.25, 0.3) is 0 Å². The van der Waals surface area contributed by atoms with E-state index in [2.05, 4.69) is 20.8 Å². The average molecular weight is 1450 g/mol. The van der Waals surface area contributed by atoms with Gasteiger partial charge in [0.1, 0.15) is 110 Å². The molecule has 6 saturated heterocycles. The zero-order valence-electron chi connectivity index (χ0n) is 59.1. The van der Waals surface area contributed by atoms with Crippen molar-refractivity contribution in [3.8, 4) is 0 Å². The van der Waals surface area contributed by atoms with Gasteiger partial charge in [-0.05, 0) is 114 Å². The van der Waals surface area contributed by atoms with E-state index < -0.39 is 260 Å². The van der Waals surface area contributed by atoms with Gasteiger partial charge in [0.05, 0.1) is 49.1 Å². The van der Waals surface area contributed by atoms with E-state index in [-0.39, 0.29) is 30.3 Å². The number of hydrogen-bond donors (Lipinski definition) is 16. The lowest BCUT2D eigenvalue weighted by molar-refractivity contribution is -0.411. The molecule has 101 heavy (non-hydrogen) atoms. The number of esters is 2. The summed E-state index contributed by atoms with van der Waals surface area (Å²) in [5, 5.41) is 181. The summed E-state index contributed by atoms with van der Waals surface area (Å²) in [6, 6.07) is 0. The van der Waals surface area contributed by atoms with Crippen LogP contribution in [0.3, 0.4) is 0 Å². The van der Waals surface area contributed by atoms with Crippen LogP contribution in [0.15, 0.2) is 23.3 Å². The van der Waals surface area contributed by atoms with E-state index in [1.807, 2.05) is 27.7 Å². The minimum Gasteiger partial charge on any atom is -0.479 e. The molecule has 0 radical (unpaired) electrons. The monoisotopic (exact) mass is 1450 g/mol. The maximum Gasteiger partial charge on any atom is 0.335 e. The first-order chi connectivity index (χ1) is 47.2. The lowest BCUT2D eigenvalue weighted by Gasteiger charge is -2.75. The number of ether oxygens (including phenoxy) is 13. The Labute approximate surface area is 585 Å². The molecule has 5 saturated carbocycles. The van der Waals surface area contributed by atoms with Crippen LogP contribution in [-0.4, -0.2) is 303 Å². The number of carbonyl (C=O) groups is 3. The van der Waals surface area contributed by atoms with Gasteiger partial charge in [-0.25, -0.2) is 14.4 Å². The second-order valence-corrected chi connectivity index (χ2v) is 32.3. The van der Waals surface area contributed by atoms with Gasteiger partial charge in [0, 0.05) is 27.9 Å². The predicted molar refractivity (Wildman–Crippen MR) is 338 cm³/mol. The molecular formula is C69H108O32. The molecule has 576 valence electrons. The number of rotatable bonds is 17. The Hall–Kier alpha value is -3.15. The molecule has 11 fully saturated rings. The van der Waals surface area contributed by atoms with Gasteiger partial charge in [0.2, 0.25) is 0 Å². The van der Waals surface area contributed by atoms with E-state index in [1.165, 1.54) is 6.92 Å². The summed E-state index contributed by atoms with van der Waals surface area (Å²) in [5.74, 6) is -4.05. The first kappa shape index (κ1) is 78.9. The summed E-state index contributed by atoms with van der Waals surface area (Å²) < 4.78 is 81.5.